The van der Waals surface area contributed by atoms with Gasteiger partial charge in [0.1, 0.15) is 18.2 Å². The number of aromatic nitrogens is 2. The molecule has 0 saturated heterocycles. The van der Waals surface area contributed by atoms with Gasteiger partial charge < -0.3 is 10.2 Å². The molecule has 0 amide bonds. The first-order valence-electron chi connectivity index (χ1n) is 5.70. The molecule has 0 unspecified atom stereocenters. The predicted molar refractivity (Wildman–Crippen MR) is 72.6 cm³/mol. The quantitative estimate of drug-likeness (QED) is 0.641. The largest absolute Gasteiger partial charge is 0.472 e. The number of rotatable bonds is 5. The lowest BCUT2D eigenvalue weighted by atomic mass is 10.2. The minimum absolute atomic E-state index is 0.224. The Kier molecular flexibility index (Phi) is 4.11. The highest BCUT2D eigenvalue weighted by Crippen LogP contribution is 2.19. The smallest absolute Gasteiger partial charge is 0.219 e. The van der Waals surface area contributed by atoms with Gasteiger partial charge in [0.2, 0.25) is 5.88 Å². The highest BCUT2D eigenvalue weighted by molar-refractivity contribution is 7.09. The number of anilines is 1. The number of hydrazine groups is 1. The second-order valence-electron chi connectivity index (χ2n) is 4.12. The molecule has 2 aromatic rings. The van der Waals surface area contributed by atoms with Crippen LogP contribution < -0.4 is 16.0 Å². The SMILES string of the molecule is CC(C)c1nc(NN)cc(OCc2cccs2)n1. The lowest BCUT2D eigenvalue weighted by Gasteiger charge is -2.10. The van der Waals surface area contributed by atoms with Crippen molar-refractivity contribution in [3.05, 3.63) is 34.3 Å². The number of nitrogen functional groups attached to an aromatic ring is 1. The van der Waals surface area contributed by atoms with Crippen LogP contribution in [-0.2, 0) is 6.61 Å². The van der Waals surface area contributed by atoms with E-state index in [2.05, 4.69) is 15.4 Å². The first kappa shape index (κ1) is 12.8. The number of nitrogens with one attached hydrogen (secondary N) is 1. The number of thiophene rings is 1. The third-order valence-corrected chi connectivity index (χ3v) is 3.18. The van der Waals surface area contributed by atoms with Crippen LogP contribution in [0.25, 0.3) is 0 Å². The molecule has 2 aromatic heterocycles. The van der Waals surface area contributed by atoms with Crippen LogP contribution in [0.15, 0.2) is 23.6 Å². The second-order valence-corrected chi connectivity index (χ2v) is 5.15. The van der Waals surface area contributed by atoms with Gasteiger partial charge in [0.15, 0.2) is 0 Å². The van der Waals surface area contributed by atoms with Crippen molar-refractivity contribution in [3.8, 4) is 5.88 Å². The monoisotopic (exact) mass is 264 g/mol. The first-order valence-corrected chi connectivity index (χ1v) is 6.58. The van der Waals surface area contributed by atoms with E-state index in [9.17, 15) is 0 Å². The molecule has 0 aliphatic carbocycles. The summed E-state index contributed by atoms with van der Waals surface area (Å²) in [5.41, 5.74) is 2.53. The molecule has 0 fully saturated rings. The fourth-order valence-corrected chi connectivity index (χ4v) is 2.00. The number of hydrogen-bond donors (Lipinski definition) is 2. The molecule has 0 saturated carbocycles. The normalized spacial score (nSPS) is 10.7. The molecule has 0 atom stereocenters. The van der Waals surface area contributed by atoms with E-state index in [0.29, 0.717) is 24.1 Å². The maximum absolute atomic E-state index is 5.65. The van der Waals surface area contributed by atoms with E-state index in [1.54, 1.807) is 17.4 Å². The molecule has 0 radical (unpaired) electrons. The van der Waals surface area contributed by atoms with Crippen LogP contribution >= 0.6 is 11.3 Å². The van der Waals surface area contributed by atoms with Crippen LogP contribution in [0.4, 0.5) is 5.82 Å². The van der Waals surface area contributed by atoms with E-state index in [-0.39, 0.29) is 5.92 Å². The molecule has 5 nitrogen and oxygen atoms in total. The molecule has 0 aromatic carbocycles. The Hall–Kier alpha value is -1.66. The number of ether oxygens (including phenoxy) is 1. The van der Waals surface area contributed by atoms with Gasteiger partial charge >= 0.3 is 0 Å². The van der Waals surface area contributed by atoms with Gasteiger partial charge in [-0.3, -0.25) is 0 Å². The summed E-state index contributed by atoms with van der Waals surface area (Å²) in [6.07, 6.45) is 0. The Morgan fingerprint density at radius 1 is 1.44 bits per heavy atom. The predicted octanol–water partition coefficient (Wildman–Crippen LogP) is 2.53. The number of nitrogens with zero attached hydrogens (tertiary/aromatic N) is 2. The van der Waals surface area contributed by atoms with Gasteiger partial charge in [0.25, 0.3) is 0 Å². The molecule has 3 N–H and O–H groups in total. The molecule has 0 aliphatic heterocycles. The third-order valence-electron chi connectivity index (χ3n) is 2.33. The van der Waals surface area contributed by atoms with Gasteiger partial charge in [0, 0.05) is 16.9 Å². The second kappa shape index (κ2) is 5.79. The Balaban J connectivity index is 2.13. The van der Waals surface area contributed by atoms with E-state index in [0.717, 1.165) is 4.88 Å². The summed E-state index contributed by atoms with van der Waals surface area (Å²) in [7, 11) is 0. The first-order chi connectivity index (χ1) is 8.69. The Labute approximate surface area is 110 Å². The Morgan fingerprint density at radius 3 is 2.89 bits per heavy atom. The lowest BCUT2D eigenvalue weighted by Crippen LogP contribution is -2.11. The van der Waals surface area contributed by atoms with Gasteiger partial charge in [-0.05, 0) is 11.4 Å². The summed E-state index contributed by atoms with van der Waals surface area (Å²) in [6, 6.07) is 5.71. The van der Waals surface area contributed by atoms with Crippen molar-refractivity contribution in [2.24, 2.45) is 5.84 Å². The maximum Gasteiger partial charge on any atom is 0.219 e. The van der Waals surface area contributed by atoms with Crippen LogP contribution in [0.5, 0.6) is 5.88 Å². The average molecular weight is 264 g/mol. The number of hydrogen-bond acceptors (Lipinski definition) is 6. The van der Waals surface area contributed by atoms with Crippen LogP contribution in [0.1, 0.15) is 30.5 Å². The molecule has 0 spiro atoms. The highest BCUT2D eigenvalue weighted by atomic mass is 32.1. The van der Waals surface area contributed by atoms with Crippen LogP contribution in [-0.4, -0.2) is 9.97 Å². The van der Waals surface area contributed by atoms with E-state index in [4.69, 9.17) is 10.6 Å². The highest BCUT2D eigenvalue weighted by Gasteiger charge is 2.08. The maximum atomic E-state index is 5.65. The van der Waals surface area contributed by atoms with Crippen LogP contribution in [0, 0.1) is 0 Å². The van der Waals surface area contributed by atoms with Crippen molar-refractivity contribution in [2.45, 2.75) is 26.4 Å². The zero-order valence-electron chi connectivity index (χ0n) is 10.4. The molecule has 96 valence electrons. The summed E-state index contributed by atoms with van der Waals surface area (Å²) >= 11 is 1.65. The average Bonchev–Trinajstić information content (AvgIpc) is 2.89. The van der Waals surface area contributed by atoms with E-state index in [1.165, 1.54) is 0 Å². The molecule has 18 heavy (non-hydrogen) atoms. The topological polar surface area (TPSA) is 73.1 Å². The minimum atomic E-state index is 0.224. The van der Waals surface area contributed by atoms with Gasteiger partial charge in [-0.2, -0.15) is 4.98 Å². The Morgan fingerprint density at radius 2 is 2.28 bits per heavy atom. The molecule has 0 aliphatic rings. The van der Waals surface area contributed by atoms with Gasteiger partial charge in [-0.1, -0.05) is 19.9 Å². The van der Waals surface area contributed by atoms with Crippen molar-refractivity contribution < 1.29 is 4.74 Å². The molecule has 2 heterocycles. The molecule has 0 bridgehead atoms. The minimum Gasteiger partial charge on any atom is -0.472 e. The molecular formula is C12H16N4OS. The van der Waals surface area contributed by atoms with E-state index in [1.807, 2.05) is 31.4 Å². The van der Waals surface area contributed by atoms with E-state index >= 15 is 0 Å². The standard InChI is InChI=1S/C12H16N4OS/c1-8(2)12-14-10(16-13)6-11(15-12)17-7-9-4-3-5-18-9/h3-6,8H,7,13H2,1-2H3,(H,14,15,16). The van der Waals surface area contributed by atoms with Gasteiger partial charge in [-0.25, -0.2) is 10.8 Å². The Bertz CT molecular complexity index is 499. The van der Waals surface area contributed by atoms with E-state index < -0.39 is 0 Å². The summed E-state index contributed by atoms with van der Waals surface area (Å²) in [5.74, 6) is 7.43. The van der Waals surface area contributed by atoms with Crippen molar-refractivity contribution >= 4 is 17.2 Å². The fourth-order valence-electron chi connectivity index (χ4n) is 1.39. The summed E-state index contributed by atoms with van der Waals surface area (Å²) < 4.78 is 5.65. The fraction of sp³-hybridized carbons (Fsp3) is 0.333. The summed E-state index contributed by atoms with van der Waals surface area (Å²) in [5, 5.41) is 2.02. The van der Waals surface area contributed by atoms with Crippen LogP contribution in [0.2, 0.25) is 0 Å². The van der Waals surface area contributed by atoms with Gasteiger partial charge in [-0.15, -0.1) is 11.3 Å². The van der Waals surface area contributed by atoms with Crippen molar-refractivity contribution in [1.82, 2.24) is 9.97 Å². The zero-order valence-corrected chi connectivity index (χ0v) is 11.2. The van der Waals surface area contributed by atoms with Crippen molar-refractivity contribution in [1.29, 1.82) is 0 Å². The van der Waals surface area contributed by atoms with Crippen molar-refractivity contribution in [3.63, 3.8) is 0 Å². The van der Waals surface area contributed by atoms with Gasteiger partial charge in [0.05, 0.1) is 0 Å². The third kappa shape index (κ3) is 3.18. The molecule has 2 rings (SSSR count). The van der Waals surface area contributed by atoms with Crippen molar-refractivity contribution in [2.75, 3.05) is 5.43 Å². The molecular weight excluding hydrogens is 248 g/mol. The summed E-state index contributed by atoms with van der Waals surface area (Å²) in [4.78, 5) is 9.78. The van der Waals surface area contributed by atoms with Crippen LogP contribution in [0.3, 0.4) is 0 Å². The molecule has 6 heteroatoms. The summed E-state index contributed by atoms with van der Waals surface area (Å²) in [6.45, 7) is 4.56. The number of nitrogens with two attached hydrogens (primary N) is 1. The zero-order chi connectivity index (χ0) is 13.0. The lowest BCUT2D eigenvalue weighted by molar-refractivity contribution is 0.295.